The Labute approximate surface area is 142 Å². The summed E-state index contributed by atoms with van der Waals surface area (Å²) in [6.07, 6.45) is 0. The van der Waals surface area contributed by atoms with Gasteiger partial charge in [0.25, 0.3) is 0 Å². The normalized spacial score (nSPS) is 10.7. The van der Waals surface area contributed by atoms with Gasteiger partial charge in [-0.05, 0) is 22.8 Å². The first kappa shape index (κ1) is 14.5. The number of hydrogen-bond acceptors (Lipinski definition) is 1. The third-order valence-corrected chi connectivity index (χ3v) is 4.24. The van der Waals surface area contributed by atoms with Crippen molar-refractivity contribution in [3.05, 3.63) is 91.0 Å². The Balaban J connectivity index is 1.68. The zero-order valence-corrected chi connectivity index (χ0v) is 13.6. The molecule has 0 spiro atoms. The molecule has 0 unspecified atom stereocenters. The van der Waals surface area contributed by atoms with E-state index in [1.165, 1.54) is 16.7 Å². The summed E-state index contributed by atoms with van der Waals surface area (Å²) in [7, 11) is 1.99. The van der Waals surface area contributed by atoms with Gasteiger partial charge in [0.15, 0.2) is 0 Å². The van der Waals surface area contributed by atoms with Gasteiger partial charge in [0.05, 0.1) is 11.4 Å². The molecule has 2 heteroatoms. The lowest BCUT2D eigenvalue weighted by Gasteiger charge is -2.02. The lowest BCUT2D eigenvalue weighted by Crippen LogP contribution is -1.93. The maximum atomic E-state index is 4.68. The number of nitrogens with zero attached hydrogens (tertiary/aromatic N) is 2. The number of hydrogen-bond donors (Lipinski definition) is 0. The molecule has 116 valence electrons. The highest BCUT2D eigenvalue weighted by atomic mass is 15.3. The molecule has 3 aromatic carbocycles. The predicted molar refractivity (Wildman–Crippen MR) is 99.5 cm³/mol. The van der Waals surface area contributed by atoms with Gasteiger partial charge >= 0.3 is 0 Å². The van der Waals surface area contributed by atoms with Crippen LogP contribution in [0.1, 0.15) is 0 Å². The third-order valence-electron chi connectivity index (χ3n) is 4.24. The minimum atomic E-state index is 0.996. The summed E-state index contributed by atoms with van der Waals surface area (Å²) >= 11 is 0. The van der Waals surface area contributed by atoms with Gasteiger partial charge < -0.3 is 0 Å². The summed E-state index contributed by atoms with van der Waals surface area (Å²) in [6.45, 7) is 0. The molecule has 0 N–H and O–H groups in total. The molecule has 0 saturated heterocycles. The number of aryl methyl sites for hydroxylation is 1. The largest absolute Gasteiger partial charge is 0.267 e. The molecular formula is C22H18N2. The average Bonchev–Trinajstić information content (AvgIpc) is 3.05. The van der Waals surface area contributed by atoms with Crippen LogP contribution in [0.3, 0.4) is 0 Å². The highest BCUT2D eigenvalue weighted by Gasteiger charge is 2.09. The monoisotopic (exact) mass is 310 g/mol. The van der Waals surface area contributed by atoms with E-state index < -0.39 is 0 Å². The van der Waals surface area contributed by atoms with Crippen LogP contribution in [0.4, 0.5) is 0 Å². The van der Waals surface area contributed by atoms with Crippen LogP contribution in [-0.2, 0) is 7.05 Å². The molecule has 0 radical (unpaired) electrons. The van der Waals surface area contributed by atoms with Crippen LogP contribution in [0.2, 0.25) is 0 Å². The van der Waals surface area contributed by atoms with Crippen LogP contribution in [0.25, 0.3) is 33.6 Å². The number of rotatable bonds is 3. The molecule has 0 amide bonds. The summed E-state index contributed by atoms with van der Waals surface area (Å²) in [4.78, 5) is 0. The Morgan fingerprint density at radius 3 is 1.71 bits per heavy atom. The molecular weight excluding hydrogens is 292 g/mol. The van der Waals surface area contributed by atoms with Gasteiger partial charge in [-0.2, -0.15) is 5.10 Å². The fourth-order valence-electron chi connectivity index (χ4n) is 2.95. The fourth-order valence-corrected chi connectivity index (χ4v) is 2.95. The third kappa shape index (κ3) is 2.74. The zero-order valence-electron chi connectivity index (χ0n) is 13.6. The van der Waals surface area contributed by atoms with Gasteiger partial charge in [0.1, 0.15) is 0 Å². The second-order valence-corrected chi connectivity index (χ2v) is 5.85. The van der Waals surface area contributed by atoms with E-state index in [1.54, 1.807) is 0 Å². The Kier molecular flexibility index (Phi) is 3.72. The maximum absolute atomic E-state index is 4.68. The van der Waals surface area contributed by atoms with Crippen molar-refractivity contribution in [2.75, 3.05) is 0 Å². The molecule has 0 saturated carbocycles. The molecule has 24 heavy (non-hydrogen) atoms. The van der Waals surface area contributed by atoms with Crippen molar-refractivity contribution in [3.63, 3.8) is 0 Å². The Hall–Kier alpha value is -3.13. The van der Waals surface area contributed by atoms with Crippen molar-refractivity contribution < 1.29 is 0 Å². The van der Waals surface area contributed by atoms with Gasteiger partial charge in [0.2, 0.25) is 0 Å². The maximum Gasteiger partial charge on any atom is 0.0929 e. The predicted octanol–water partition coefficient (Wildman–Crippen LogP) is 5.42. The highest BCUT2D eigenvalue weighted by molar-refractivity contribution is 5.72. The van der Waals surface area contributed by atoms with Crippen LogP contribution in [0.5, 0.6) is 0 Å². The van der Waals surface area contributed by atoms with E-state index in [0.29, 0.717) is 0 Å². The summed E-state index contributed by atoms with van der Waals surface area (Å²) in [5.41, 5.74) is 6.88. The minimum Gasteiger partial charge on any atom is -0.267 e. The summed E-state index contributed by atoms with van der Waals surface area (Å²) in [5, 5.41) is 4.68. The van der Waals surface area contributed by atoms with Crippen molar-refractivity contribution in [1.82, 2.24) is 9.78 Å². The smallest absolute Gasteiger partial charge is 0.0929 e. The molecule has 4 aromatic rings. The SMILES string of the molecule is Cn1nc(-c2ccc(-c3ccccc3)cc2)cc1-c1ccccc1. The lowest BCUT2D eigenvalue weighted by molar-refractivity contribution is 0.779. The number of aromatic nitrogens is 2. The molecule has 2 nitrogen and oxygen atoms in total. The first-order valence-corrected chi connectivity index (χ1v) is 8.06. The first-order valence-electron chi connectivity index (χ1n) is 8.06. The molecule has 4 rings (SSSR count). The molecule has 0 bridgehead atoms. The van der Waals surface area contributed by atoms with E-state index in [1.807, 2.05) is 23.9 Å². The zero-order chi connectivity index (χ0) is 16.4. The van der Waals surface area contributed by atoms with Crippen molar-refractivity contribution >= 4 is 0 Å². The fraction of sp³-hybridized carbons (Fsp3) is 0.0455. The van der Waals surface area contributed by atoms with Crippen molar-refractivity contribution in [1.29, 1.82) is 0 Å². The van der Waals surface area contributed by atoms with Gasteiger partial charge in [-0.25, -0.2) is 0 Å². The Bertz CT molecular complexity index is 936. The molecule has 0 fully saturated rings. The second-order valence-electron chi connectivity index (χ2n) is 5.85. The van der Waals surface area contributed by atoms with E-state index in [0.717, 1.165) is 17.0 Å². The summed E-state index contributed by atoms with van der Waals surface area (Å²) in [5.74, 6) is 0. The highest BCUT2D eigenvalue weighted by Crippen LogP contribution is 2.27. The van der Waals surface area contributed by atoms with E-state index in [9.17, 15) is 0 Å². The van der Waals surface area contributed by atoms with E-state index >= 15 is 0 Å². The van der Waals surface area contributed by atoms with E-state index in [4.69, 9.17) is 0 Å². The van der Waals surface area contributed by atoms with E-state index in [-0.39, 0.29) is 0 Å². The van der Waals surface area contributed by atoms with Crippen LogP contribution < -0.4 is 0 Å². The quantitative estimate of drug-likeness (QED) is 0.494. The van der Waals surface area contributed by atoms with Crippen molar-refractivity contribution in [3.8, 4) is 33.6 Å². The van der Waals surface area contributed by atoms with Crippen LogP contribution in [-0.4, -0.2) is 9.78 Å². The topological polar surface area (TPSA) is 17.8 Å². The van der Waals surface area contributed by atoms with Crippen LogP contribution >= 0.6 is 0 Å². The average molecular weight is 310 g/mol. The lowest BCUT2D eigenvalue weighted by atomic mass is 10.0. The van der Waals surface area contributed by atoms with Crippen LogP contribution in [0, 0.1) is 0 Å². The van der Waals surface area contributed by atoms with E-state index in [2.05, 4.69) is 84.0 Å². The molecule has 0 aliphatic rings. The van der Waals surface area contributed by atoms with Gasteiger partial charge in [-0.1, -0.05) is 84.9 Å². The standard InChI is InChI=1S/C22H18N2/c1-24-22(20-10-6-3-7-11-20)16-21(23-24)19-14-12-18(13-15-19)17-8-4-2-5-9-17/h2-16H,1H3. The van der Waals surface area contributed by atoms with Gasteiger partial charge in [-0.15, -0.1) is 0 Å². The molecule has 1 aromatic heterocycles. The van der Waals surface area contributed by atoms with Crippen molar-refractivity contribution in [2.45, 2.75) is 0 Å². The van der Waals surface area contributed by atoms with Gasteiger partial charge in [-0.3, -0.25) is 4.68 Å². The Morgan fingerprint density at radius 2 is 1.08 bits per heavy atom. The molecule has 0 aliphatic heterocycles. The molecule has 0 aliphatic carbocycles. The van der Waals surface area contributed by atoms with Gasteiger partial charge in [0, 0.05) is 12.6 Å². The molecule has 1 heterocycles. The van der Waals surface area contributed by atoms with Crippen LogP contribution in [0.15, 0.2) is 91.0 Å². The second kappa shape index (κ2) is 6.17. The first-order chi connectivity index (χ1) is 11.8. The summed E-state index contributed by atoms with van der Waals surface area (Å²) in [6, 6.07) is 31.5. The molecule has 0 atom stereocenters. The summed E-state index contributed by atoms with van der Waals surface area (Å²) < 4.78 is 1.94. The van der Waals surface area contributed by atoms with Crippen molar-refractivity contribution in [2.24, 2.45) is 7.05 Å². The Morgan fingerprint density at radius 1 is 0.583 bits per heavy atom. The number of benzene rings is 3. The minimum absolute atomic E-state index is 0.996.